The lowest BCUT2D eigenvalue weighted by atomic mass is 10.1. The van der Waals surface area contributed by atoms with E-state index in [0.717, 1.165) is 16.9 Å². The van der Waals surface area contributed by atoms with Crippen LogP contribution in [0.5, 0.6) is 5.75 Å². The Morgan fingerprint density at radius 1 is 1.41 bits per heavy atom. The third kappa shape index (κ3) is 3.05. The molecule has 0 saturated heterocycles. The molecule has 0 aliphatic heterocycles. The van der Waals surface area contributed by atoms with Crippen molar-refractivity contribution >= 4 is 28.5 Å². The van der Waals surface area contributed by atoms with Crippen molar-refractivity contribution in [3.63, 3.8) is 0 Å². The third-order valence-electron chi connectivity index (χ3n) is 2.42. The van der Waals surface area contributed by atoms with Gasteiger partial charge in [0.2, 0.25) is 0 Å². The highest BCUT2D eigenvalue weighted by Crippen LogP contribution is 2.21. The predicted molar refractivity (Wildman–Crippen MR) is 75.7 cm³/mol. The topological polar surface area (TPSA) is 35.2 Å². The molecule has 0 atom stereocenters. The molecule has 0 radical (unpaired) electrons. The number of rotatable bonds is 4. The number of hydrogen-bond donors (Lipinski definition) is 1. The van der Waals surface area contributed by atoms with Crippen LogP contribution in [0.15, 0.2) is 35.7 Å². The number of benzene rings is 1. The molecule has 1 heterocycles. The van der Waals surface area contributed by atoms with Gasteiger partial charge in [-0.05, 0) is 30.0 Å². The Balaban J connectivity index is 2.14. The summed E-state index contributed by atoms with van der Waals surface area (Å²) >= 11 is 6.64. The molecule has 4 heteroatoms. The second-order valence-corrected chi connectivity index (χ2v) is 5.18. The summed E-state index contributed by atoms with van der Waals surface area (Å²) in [5.41, 5.74) is 7.53. The molecule has 0 bridgehead atoms. The van der Waals surface area contributed by atoms with Crippen LogP contribution in [0.25, 0.3) is 0 Å². The van der Waals surface area contributed by atoms with E-state index >= 15 is 0 Å². The Kier molecular flexibility index (Phi) is 3.76. The molecule has 0 saturated carbocycles. The van der Waals surface area contributed by atoms with E-state index in [1.807, 2.05) is 36.6 Å². The zero-order valence-corrected chi connectivity index (χ0v) is 11.1. The number of nitrogens with two attached hydrogens (primary N) is 1. The second-order valence-electron chi connectivity index (χ2n) is 3.71. The standard InChI is InChI=1S/C13H13NOS2/c1-9-4-5-10(13(14)16)7-12(9)15-8-11-3-2-6-17-11/h2-7H,8H2,1H3,(H2,14,16). The Morgan fingerprint density at radius 2 is 2.24 bits per heavy atom. The Hall–Kier alpha value is -1.39. The van der Waals surface area contributed by atoms with Gasteiger partial charge < -0.3 is 10.5 Å². The fourth-order valence-electron chi connectivity index (χ4n) is 1.45. The van der Waals surface area contributed by atoms with E-state index < -0.39 is 0 Å². The molecule has 0 amide bonds. The normalized spacial score (nSPS) is 10.2. The molecule has 1 aromatic heterocycles. The lowest BCUT2D eigenvalue weighted by Crippen LogP contribution is -2.09. The highest BCUT2D eigenvalue weighted by atomic mass is 32.1. The molecular formula is C13H13NOS2. The van der Waals surface area contributed by atoms with Gasteiger partial charge in [0.25, 0.3) is 0 Å². The highest BCUT2D eigenvalue weighted by Gasteiger charge is 2.04. The van der Waals surface area contributed by atoms with Gasteiger partial charge in [0.05, 0.1) is 0 Å². The maximum Gasteiger partial charge on any atom is 0.123 e. The maximum absolute atomic E-state index is 5.77. The average molecular weight is 263 g/mol. The van der Waals surface area contributed by atoms with Crippen LogP contribution in [-0.2, 0) is 6.61 Å². The molecule has 0 fully saturated rings. The molecule has 0 aliphatic rings. The molecule has 2 rings (SSSR count). The van der Waals surface area contributed by atoms with Crippen LogP contribution >= 0.6 is 23.6 Å². The lowest BCUT2D eigenvalue weighted by Gasteiger charge is -2.09. The number of thiophene rings is 1. The fraction of sp³-hybridized carbons (Fsp3) is 0.154. The van der Waals surface area contributed by atoms with E-state index in [4.69, 9.17) is 22.7 Å². The Morgan fingerprint density at radius 3 is 2.88 bits per heavy atom. The van der Waals surface area contributed by atoms with E-state index in [-0.39, 0.29) is 0 Å². The largest absolute Gasteiger partial charge is 0.488 e. The van der Waals surface area contributed by atoms with Gasteiger partial charge >= 0.3 is 0 Å². The van der Waals surface area contributed by atoms with E-state index in [0.29, 0.717) is 11.6 Å². The molecule has 2 nitrogen and oxygen atoms in total. The van der Waals surface area contributed by atoms with Gasteiger partial charge in [-0.15, -0.1) is 11.3 Å². The second kappa shape index (κ2) is 5.29. The average Bonchev–Trinajstić information content (AvgIpc) is 2.80. The van der Waals surface area contributed by atoms with Crippen molar-refractivity contribution < 1.29 is 4.74 Å². The van der Waals surface area contributed by atoms with Crippen molar-refractivity contribution in [1.82, 2.24) is 0 Å². The SMILES string of the molecule is Cc1ccc(C(N)=S)cc1OCc1cccs1. The van der Waals surface area contributed by atoms with Gasteiger partial charge in [-0.3, -0.25) is 0 Å². The summed E-state index contributed by atoms with van der Waals surface area (Å²) in [5, 5.41) is 2.04. The summed E-state index contributed by atoms with van der Waals surface area (Å²) < 4.78 is 5.77. The fourth-order valence-corrected chi connectivity index (χ4v) is 2.20. The quantitative estimate of drug-likeness (QED) is 0.860. The number of thiocarbonyl (C=S) groups is 1. The Labute approximate surface area is 110 Å². The van der Waals surface area contributed by atoms with Gasteiger partial charge in [0.1, 0.15) is 17.3 Å². The summed E-state index contributed by atoms with van der Waals surface area (Å²) in [6, 6.07) is 9.85. The maximum atomic E-state index is 5.77. The van der Waals surface area contributed by atoms with Gasteiger partial charge in [-0.25, -0.2) is 0 Å². The van der Waals surface area contributed by atoms with Crippen molar-refractivity contribution in [2.45, 2.75) is 13.5 Å². The van der Waals surface area contributed by atoms with E-state index in [2.05, 4.69) is 6.07 Å². The molecule has 88 valence electrons. The highest BCUT2D eigenvalue weighted by molar-refractivity contribution is 7.80. The summed E-state index contributed by atoms with van der Waals surface area (Å²) in [4.78, 5) is 1.59. The van der Waals surface area contributed by atoms with Crippen molar-refractivity contribution in [2.24, 2.45) is 5.73 Å². The number of hydrogen-bond acceptors (Lipinski definition) is 3. The first-order valence-electron chi connectivity index (χ1n) is 5.22. The molecular weight excluding hydrogens is 250 g/mol. The number of aryl methyl sites for hydroxylation is 1. The summed E-state index contributed by atoms with van der Waals surface area (Å²) in [6.07, 6.45) is 0. The molecule has 17 heavy (non-hydrogen) atoms. The first-order valence-corrected chi connectivity index (χ1v) is 6.51. The van der Waals surface area contributed by atoms with Crippen molar-refractivity contribution in [1.29, 1.82) is 0 Å². The van der Waals surface area contributed by atoms with Crippen molar-refractivity contribution in [3.05, 3.63) is 51.7 Å². The van der Waals surface area contributed by atoms with Crippen molar-refractivity contribution in [3.8, 4) is 5.75 Å². The summed E-state index contributed by atoms with van der Waals surface area (Å²) in [6.45, 7) is 2.59. The van der Waals surface area contributed by atoms with Crippen LogP contribution in [0.2, 0.25) is 0 Å². The molecule has 2 aromatic rings. The zero-order valence-electron chi connectivity index (χ0n) is 9.47. The van der Waals surface area contributed by atoms with Gasteiger partial charge in [0.15, 0.2) is 0 Å². The van der Waals surface area contributed by atoms with Gasteiger partial charge in [-0.2, -0.15) is 0 Å². The minimum absolute atomic E-state index is 0.394. The zero-order chi connectivity index (χ0) is 12.3. The first-order chi connectivity index (χ1) is 8.16. The van der Waals surface area contributed by atoms with E-state index in [9.17, 15) is 0 Å². The van der Waals surface area contributed by atoms with Crippen LogP contribution in [0, 0.1) is 6.92 Å². The van der Waals surface area contributed by atoms with Crippen LogP contribution < -0.4 is 10.5 Å². The van der Waals surface area contributed by atoms with E-state index in [1.165, 1.54) is 4.88 Å². The smallest absolute Gasteiger partial charge is 0.123 e. The van der Waals surface area contributed by atoms with Gasteiger partial charge in [0, 0.05) is 10.4 Å². The van der Waals surface area contributed by atoms with Crippen LogP contribution in [0.4, 0.5) is 0 Å². The van der Waals surface area contributed by atoms with Crippen LogP contribution in [-0.4, -0.2) is 4.99 Å². The van der Waals surface area contributed by atoms with E-state index in [1.54, 1.807) is 11.3 Å². The first kappa shape index (κ1) is 12.1. The molecule has 0 spiro atoms. The minimum atomic E-state index is 0.394. The van der Waals surface area contributed by atoms with Gasteiger partial charge in [-0.1, -0.05) is 30.4 Å². The minimum Gasteiger partial charge on any atom is -0.488 e. The summed E-state index contributed by atoms with van der Waals surface area (Å²) in [7, 11) is 0. The van der Waals surface area contributed by atoms with Crippen LogP contribution in [0.1, 0.15) is 16.0 Å². The molecule has 1 aromatic carbocycles. The Bertz CT molecular complexity index is 520. The monoisotopic (exact) mass is 263 g/mol. The van der Waals surface area contributed by atoms with Crippen molar-refractivity contribution in [2.75, 3.05) is 0 Å². The lowest BCUT2D eigenvalue weighted by molar-refractivity contribution is 0.307. The molecule has 0 aliphatic carbocycles. The summed E-state index contributed by atoms with van der Waals surface area (Å²) in [5.74, 6) is 0.837. The molecule has 2 N–H and O–H groups in total. The predicted octanol–water partition coefficient (Wildman–Crippen LogP) is 3.27. The van der Waals surface area contributed by atoms with Crippen LogP contribution in [0.3, 0.4) is 0 Å². The molecule has 0 unspecified atom stereocenters. The third-order valence-corrected chi connectivity index (χ3v) is 3.51. The number of ether oxygens (including phenoxy) is 1.